The number of aliphatic hydroxyl groups is 1. The van der Waals surface area contributed by atoms with Crippen molar-refractivity contribution in [3.05, 3.63) is 63.3 Å². The first-order valence-corrected chi connectivity index (χ1v) is 9.17. The van der Waals surface area contributed by atoms with Gasteiger partial charge >= 0.3 is 5.97 Å². The van der Waals surface area contributed by atoms with Crippen molar-refractivity contribution < 1.29 is 15.0 Å². The Morgan fingerprint density at radius 2 is 2.12 bits per heavy atom. The predicted molar refractivity (Wildman–Crippen MR) is 101 cm³/mol. The molecule has 2 heterocycles. The minimum atomic E-state index is -1.18. The predicted octanol–water partition coefficient (Wildman–Crippen LogP) is 4.40. The van der Waals surface area contributed by atoms with Gasteiger partial charge in [-0.05, 0) is 55.7 Å². The summed E-state index contributed by atoms with van der Waals surface area (Å²) in [4.78, 5) is 23.7. The third kappa shape index (κ3) is 2.91. The molecule has 0 radical (unpaired) electrons. The molecular weight excluding hydrogens is 330 g/mol. The van der Waals surface area contributed by atoms with Crippen molar-refractivity contribution >= 4 is 11.5 Å². The molecule has 1 spiro atoms. The number of carboxylic acid groups (broad SMARTS) is 1. The summed E-state index contributed by atoms with van der Waals surface area (Å²) in [7, 11) is 0. The molecule has 1 saturated carbocycles. The van der Waals surface area contributed by atoms with Gasteiger partial charge in [0.25, 0.3) is 0 Å². The summed E-state index contributed by atoms with van der Waals surface area (Å²) >= 11 is 0. The number of carbonyl (C=O) groups is 1. The number of fused-ring (bicyclic) bond motifs is 2. The molecule has 138 valence electrons. The van der Waals surface area contributed by atoms with Crippen LogP contribution in [0.15, 0.2) is 46.6 Å². The number of carboxylic acids is 1. The zero-order chi connectivity index (χ0) is 18.9. The van der Waals surface area contributed by atoms with Gasteiger partial charge < -0.3 is 14.8 Å². The Morgan fingerprint density at radius 1 is 1.38 bits per heavy atom. The quantitative estimate of drug-likeness (QED) is 0.785. The van der Waals surface area contributed by atoms with Gasteiger partial charge in [0.15, 0.2) is 5.43 Å². The molecule has 0 bridgehead atoms. The summed E-state index contributed by atoms with van der Waals surface area (Å²) < 4.78 is 2.01. The van der Waals surface area contributed by atoms with Gasteiger partial charge in [0.1, 0.15) is 5.56 Å². The summed E-state index contributed by atoms with van der Waals surface area (Å²) in [5.74, 6) is -1.18. The summed E-state index contributed by atoms with van der Waals surface area (Å²) in [6, 6.07) is 1.45. The molecule has 5 heteroatoms. The van der Waals surface area contributed by atoms with E-state index >= 15 is 0 Å². The van der Waals surface area contributed by atoms with E-state index in [1.54, 1.807) is 0 Å². The van der Waals surface area contributed by atoms with Gasteiger partial charge in [-0.25, -0.2) is 4.79 Å². The van der Waals surface area contributed by atoms with Gasteiger partial charge in [-0.3, -0.25) is 4.79 Å². The van der Waals surface area contributed by atoms with Crippen molar-refractivity contribution in [1.29, 1.82) is 0 Å². The van der Waals surface area contributed by atoms with E-state index in [0.717, 1.165) is 67.2 Å². The first kappa shape index (κ1) is 18.2. The lowest BCUT2D eigenvalue weighted by Gasteiger charge is -2.49. The van der Waals surface area contributed by atoms with Crippen LogP contribution in [0.5, 0.6) is 0 Å². The number of aromatic nitrogens is 1. The molecule has 0 unspecified atom stereocenters. The Balaban J connectivity index is 2.20. The third-order valence-electron chi connectivity index (χ3n) is 5.57. The van der Waals surface area contributed by atoms with E-state index in [0.29, 0.717) is 0 Å². The average molecular weight is 355 g/mol. The maximum atomic E-state index is 12.3. The highest BCUT2D eigenvalue weighted by Gasteiger charge is 2.44. The first-order chi connectivity index (χ1) is 12.5. The van der Waals surface area contributed by atoms with Crippen LogP contribution in [-0.2, 0) is 5.54 Å². The zero-order valence-corrected chi connectivity index (χ0v) is 15.3. The Hall–Kier alpha value is -2.56. The summed E-state index contributed by atoms with van der Waals surface area (Å²) in [5, 5.41) is 18.9. The molecule has 1 aliphatic heterocycles. The molecule has 0 aromatic carbocycles. The van der Waals surface area contributed by atoms with Crippen LogP contribution in [0.4, 0.5) is 0 Å². The minimum absolute atomic E-state index is 0.168. The molecule has 0 saturated heterocycles. The molecule has 3 rings (SSSR count). The molecule has 0 atom stereocenters. The molecule has 26 heavy (non-hydrogen) atoms. The summed E-state index contributed by atoms with van der Waals surface area (Å²) in [5.41, 5.74) is 2.87. The average Bonchev–Trinajstić information content (AvgIpc) is 2.58. The van der Waals surface area contributed by atoms with Crippen molar-refractivity contribution in [2.24, 2.45) is 0 Å². The molecule has 1 fully saturated rings. The molecule has 1 aromatic rings. The van der Waals surface area contributed by atoms with Crippen LogP contribution in [0.1, 0.15) is 68.4 Å². The maximum Gasteiger partial charge on any atom is 0.341 e. The summed E-state index contributed by atoms with van der Waals surface area (Å²) in [6.07, 6.45) is 12.2. The Morgan fingerprint density at radius 3 is 2.62 bits per heavy atom. The second kappa shape index (κ2) is 6.98. The number of pyridine rings is 1. The zero-order valence-electron chi connectivity index (χ0n) is 15.3. The van der Waals surface area contributed by atoms with E-state index in [1.807, 2.05) is 23.6 Å². The number of nitrogens with zero attached hydrogens (tertiary/aromatic N) is 1. The van der Waals surface area contributed by atoms with E-state index in [-0.39, 0.29) is 11.1 Å². The van der Waals surface area contributed by atoms with Gasteiger partial charge in [0.05, 0.1) is 12.0 Å². The van der Waals surface area contributed by atoms with Crippen LogP contribution in [0.2, 0.25) is 0 Å². The van der Waals surface area contributed by atoms with Crippen LogP contribution >= 0.6 is 0 Å². The van der Waals surface area contributed by atoms with Crippen LogP contribution < -0.4 is 5.43 Å². The lowest BCUT2D eigenvalue weighted by atomic mass is 9.68. The fourth-order valence-corrected chi connectivity index (χ4v) is 4.14. The van der Waals surface area contributed by atoms with Crippen LogP contribution in [0.25, 0.3) is 5.57 Å². The van der Waals surface area contributed by atoms with Crippen LogP contribution in [0, 0.1) is 0 Å². The molecule has 1 aliphatic carbocycles. The second-order valence-electron chi connectivity index (χ2n) is 7.19. The second-order valence-corrected chi connectivity index (χ2v) is 7.19. The van der Waals surface area contributed by atoms with E-state index in [2.05, 4.69) is 6.92 Å². The molecular formula is C21H25NO4. The highest BCUT2D eigenvalue weighted by molar-refractivity contribution is 5.88. The first-order valence-electron chi connectivity index (χ1n) is 9.17. The van der Waals surface area contributed by atoms with Crippen molar-refractivity contribution in [3.8, 4) is 0 Å². The fourth-order valence-electron chi connectivity index (χ4n) is 4.14. The number of aliphatic hydroxyl groups excluding tert-OH is 1. The number of rotatable bonds is 4. The van der Waals surface area contributed by atoms with Crippen LogP contribution in [-0.4, -0.2) is 20.7 Å². The normalized spacial score (nSPS) is 21.7. The van der Waals surface area contributed by atoms with Crippen molar-refractivity contribution in [2.45, 2.75) is 57.9 Å². The van der Waals surface area contributed by atoms with E-state index < -0.39 is 11.4 Å². The Labute approximate surface area is 153 Å². The highest BCUT2D eigenvalue weighted by Crippen LogP contribution is 2.51. The van der Waals surface area contributed by atoms with E-state index in [1.165, 1.54) is 12.3 Å². The van der Waals surface area contributed by atoms with Crippen molar-refractivity contribution in [2.75, 3.05) is 0 Å². The van der Waals surface area contributed by atoms with Gasteiger partial charge in [0.2, 0.25) is 0 Å². The van der Waals surface area contributed by atoms with Gasteiger partial charge in [-0.15, -0.1) is 0 Å². The Bertz CT molecular complexity index is 882. The minimum Gasteiger partial charge on any atom is -0.515 e. The van der Waals surface area contributed by atoms with Crippen molar-refractivity contribution in [3.63, 3.8) is 0 Å². The Kier molecular flexibility index (Phi) is 4.90. The molecule has 5 nitrogen and oxygen atoms in total. The lowest BCUT2D eigenvalue weighted by Crippen LogP contribution is -2.45. The maximum absolute atomic E-state index is 12.3. The van der Waals surface area contributed by atoms with Crippen molar-refractivity contribution in [1.82, 2.24) is 4.57 Å². The molecule has 0 amide bonds. The SMILES string of the molecule is C\C=C1/C(=C\C(=C\O)CCC)CC2(CCC2)n2cc(C(=O)O)c(=O)cc21. The molecule has 1 aromatic heterocycles. The topological polar surface area (TPSA) is 79.5 Å². The van der Waals surface area contributed by atoms with Crippen LogP contribution in [0.3, 0.4) is 0 Å². The number of hydrogen-bond acceptors (Lipinski definition) is 3. The van der Waals surface area contributed by atoms with Gasteiger partial charge in [0, 0.05) is 17.8 Å². The monoisotopic (exact) mass is 355 g/mol. The van der Waals surface area contributed by atoms with E-state index in [4.69, 9.17) is 0 Å². The van der Waals surface area contributed by atoms with Gasteiger partial charge in [-0.1, -0.05) is 25.5 Å². The standard InChI is InChI=1S/C21H25NO4/c1-3-6-14(13-23)9-15-11-21(7-5-8-21)22-12-17(20(25)26)19(24)10-18(22)16(15)4-2/h4,9-10,12-13,23H,3,5-8,11H2,1-2H3,(H,25,26)/b14-13+,15-9-,16-4+. The van der Waals surface area contributed by atoms with Gasteiger partial charge in [-0.2, -0.15) is 0 Å². The van der Waals surface area contributed by atoms with E-state index in [9.17, 15) is 19.8 Å². The number of aromatic carboxylic acids is 1. The smallest absolute Gasteiger partial charge is 0.341 e. The summed E-state index contributed by atoms with van der Waals surface area (Å²) in [6.45, 7) is 3.99. The number of allylic oxidation sites excluding steroid dienone is 5. The third-order valence-corrected chi connectivity index (χ3v) is 5.57. The largest absolute Gasteiger partial charge is 0.515 e. The highest BCUT2D eigenvalue weighted by atomic mass is 16.4. The number of hydrogen-bond donors (Lipinski definition) is 2. The molecule has 2 N–H and O–H groups in total. The lowest BCUT2D eigenvalue weighted by molar-refractivity contribution is 0.0691. The molecule has 2 aliphatic rings. The fraction of sp³-hybridized carbons (Fsp3) is 0.429.